The summed E-state index contributed by atoms with van der Waals surface area (Å²) in [5.74, 6) is -2.62. The van der Waals surface area contributed by atoms with Crippen molar-refractivity contribution in [3.05, 3.63) is 77.2 Å². The molecule has 0 aliphatic heterocycles. The monoisotopic (exact) mass is 430 g/mol. The zero-order valence-corrected chi connectivity index (χ0v) is 16.3. The van der Waals surface area contributed by atoms with Crippen LogP contribution in [-0.2, 0) is 14.3 Å². The number of benzene rings is 2. The maximum Gasteiger partial charge on any atom is 0.348 e. The molecule has 154 valence electrons. The molecule has 0 bridgehead atoms. The number of nitrogens with one attached hydrogen (secondary N) is 2. The molecule has 0 unspecified atom stereocenters. The SMILES string of the molecule is O=C(COC(=O)c1ccc(-c2ccc(F)cc2)s1)NCC(=O)Nc1ccc(F)cc1. The van der Waals surface area contributed by atoms with Crippen molar-refractivity contribution in [2.75, 3.05) is 18.5 Å². The van der Waals surface area contributed by atoms with Gasteiger partial charge < -0.3 is 15.4 Å². The van der Waals surface area contributed by atoms with E-state index in [1.165, 1.54) is 36.4 Å². The van der Waals surface area contributed by atoms with Gasteiger partial charge in [0.1, 0.15) is 16.5 Å². The fourth-order valence-corrected chi connectivity index (χ4v) is 3.29. The van der Waals surface area contributed by atoms with E-state index in [4.69, 9.17) is 4.74 Å². The minimum Gasteiger partial charge on any atom is -0.451 e. The van der Waals surface area contributed by atoms with Crippen molar-refractivity contribution in [3.63, 3.8) is 0 Å². The molecule has 9 heteroatoms. The topological polar surface area (TPSA) is 84.5 Å². The Hall–Kier alpha value is -3.59. The third-order valence-corrected chi connectivity index (χ3v) is 4.96. The molecule has 0 aliphatic carbocycles. The number of ether oxygens (including phenoxy) is 1. The second-order valence-corrected chi connectivity index (χ2v) is 7.16. The Bertz CT molecular complexity index is 1050. The Morgan fingerprint density at radius 1 is 0.833 bits per heavy atom. The molecular weight excluding hydrogens is 414 g/mol. The number of carbonyl (C=O) groups is 3. The van der Waals surface area contributed by atoms with Gasteiger partial charge in [-0.3, -0.25) is 9.59 Å². The molecule has 0 spiro atoms. The van der Waals surface area contributed by atoms with E-state index in [0.717, 1.165) is 21.8 Å². The molecule has 2 N–H and O–H groups in total. The molecule has 1 heterocycles. The molecule has 0 aliphatic rings. The first-order chi connectivity index (χ1) is 14.4. The highest BCUT2D eigenvalue weighted by molar-refractivity contribution is 7.17. The molecule has 2 aromatic carbocycles. The molecule has 2 amide bonds. The standard InChI is InChI=1S/C21H16F2N2O4S/c22-14-3-1-13(2-4-14)17-9-10-18(30-17)21(28)29-12-20(27)24-11-19(26)25-16-7-5-15(23)6-8-16/h1-10H,11-12H2,(H,24,27)(H,25,26). The lowest BCUT2D eigenvalue weighted by molar-refractivity contribution is -0.126. The largest absolute Gasteiger partial charge is 0.451 e. The van der Waals surface area contributed by atoms with Gasteiger partial charge in [-0.15, -0.1) is 11.3 Å². The second-order valence-electron chi connectivity index (χ2n) is 6.08. The van der Waals surface area contributed by atoms with Crippen LogP contribution >= 0.6 is 11.3 Å². The number of carbonyl (C=O) groups excluding carboxylic acids is 3. The van der Waals surface area contributed by atoms with Gasteiger partial charge in [0.15, 0.2) is 6.61 Å². The van der Waals surface area contributed by atoms with Crippen LogP contribution in [0.25, 0.3) is 10.4 Å². The van der Waals surface area contributed by atoms with E-state index < -0.39 is 30.2 Å². The summed E-state index contributed by atoms with van der Waals surface area (Å²) in [7, 11) is 0. The number of rotatable bonds is 7. The highest BCUT2D eigenvalue weighted by Crippen LogP contribution is 2.28. The highest BCUT2D eigenvalue weighted by Gasteiger charge is 2.14. The Morgan fingerprint density at radius 2 is 1.47 bits per heavy atom. The zero-order valence-electron chi connectivity index (χ0n) is 15.5. The number of hydrogen-bond donors (Lipinski definition) is 2. The summed E-state index contributed by atoms with van der Waals surface area (Å²) in [6.07, 6.45) is 0. The van der Waals surface area contributed by atoms with Gasteiger partial charge in [0.2, 0.25) is 5.91 Å². The van der Waals surface area contributed by atoms with Crippen molar-refractivity contribution in [1.82, 2.24) is 5.32 Å². The fraction of sp³-hybridized carbons (Fsp3) is 0.0952. The maximum absolute atomic E-state index is 13.0. The summed E-state index contributed by atoms with van der Waals surface area (Å²) in [5, 5.41) is 4.81. The first-order valence-electron chi connectivity index (χ1n) is 8.76. The van der Waals surface area contributed by atoms with Crippen LogP contribution < -0.4 is 10.6 Å². The second kappa shape index (κ2) is 9.75. The van der Waals surface area contributed by atoms with Crippen molar-refractivity contribution < 1.29 is 27.9 Å². The fourth-order valence-electron chi connectivity index (χ4n) is 2.39. The molecule has 3 rings (SSSR count). The Kier molecular flexibility index (Phi) is 6.87. The van der Waals surface area contributed by atoms with Gasteiger partial charge in [-0.05, 0) is 54.1 Å². The smallest absolute Gasteiger partial charge is 0.348 e. The summed E-state index contributed by atoms with van der Waals surface area (Å²) in [4.78, 5) is 36.7. The van der Waals surface area contributed by atoms with Gasteiger partial charge >= 0.3 is 5.97 Å². The minimum atomic E-state index is -0.681. The maximum atomic E-state index is 13.0. The molecule has 3 aromatic rings. The van der Waals surface area contributed by atoms with Gasteiger partial charge in [0.05, 0.1) is 6.54 Å². The summed E-state index contributed by atoms with van der Waals surface area (Å²) in [6, 6.07) is 14.3. The third kappa shape index (κ3) is 5.95. The van der Waals surface area contributed by atoms with Crippen LogP contribution in [0.4, 0.5) is 14.5 Å². The number of hydrogen-bond acceptors (Lipinski definition) is 5. The lowest BCUT2D eigenvalue weighted by atomic mass is 10.2. The highest BCUT2D eigenvalue weighted by atomic mass is 32.1. The summed E-state index contributed by atoms with van der Waals surface area (Å²) in [6.45, 7) is -0.881. The summed E-state index contributed by atoms with van der Waals surface area (Å²) >= 11 is 1.15. The van der Waals surface area contributed by atoms with E-state index >= 15 is 0 Å². The van der Waals surface area contributed by atoms with Gasteiger partial charge in [-0.1, -0.05) is 12.1 Å². The molecule has 30 heavy (non-hydrogen) atoms. The van der Waals surface area contributed by atoms with E-state index in [9.17, 15) is 23.2 Å². The number of esters is 1. The number of halogens is 2. The summed E-state index contributed by atoms with van der Waals surface area (Å²) < 4.78 is 30.8. The van der Waals surface area contributed by atoms with Crippen LogP contribution in [-0.4, -0.2) is 30.9 Å². The number of thiophene rings is 1. The first-order valence-corrected chi connectivity index (χ1v) is 9.57. The van der Waals surface area contributed by atoms with Crippen LogP contribution in [0.2, 0.25) is 0 Å². The van der Waals surface area contributed by atoms with E-state index in [1.807, 2.05) is 0 Å². The molecule has 0 atom stereocenters. The van der Waals surface area contributed by atoms with E-state index in [1.54, 1.807) is 24.3 Å². The lowest BCUT2D eigenvalue weighted by Gasteiger charge is -2.07. The van der Waals surface area contributed by atoms with Crippen LogP contribution in [0.15, 0.2) is 60.7 Å². The number of anilines is 1. The molecule has 0 fully saturated rings. The van der Waals surface area contributed by atoms with Gasteiger partial charge in [-0.25, -0.2) is 13.6 Å². The first kappa shape index (κ1) is 21.1. The molecule has 0 radical (unpaired) electrons. The Labute approximate surface area is 174 Å². The minimum absolute atomic E-state index is 0.288. The molecule has 1 aromatic heterocycles. The van der Waals surface area contributed by atoms with Crippen LogP contribution in [0, 0.1) is 11.6 Å². The Morgan fingerprint density at radius 3 is 2.13 bits per heavy atom. The van der Waals surface area contributed by atoms with Gasteiger partial charge in [0, 0.05) is 10.6 Å². The Balaban J connectivity index is 1.43. The lowest BCUT2D eigenvalue weighted by Crippen LogP contribution is -2.35. The normalized spacial score (nSPS) is 10.3. The van der Waals surface area contributed by atoms with Crippen molar-refractivity contribution in [1.29, 1.82) is 0 Å². The average Bonchev–Trinajstić information content (AvgIpc) is 3.23. The van der Waals surface area contributed by atoms with Crippen molar-refractivity contribution in [2.24, 2.45) is 0 Å². The predicted molar refractivity (Wildman–Crippen MR) is 108 cm³/mol. The molecular formula is C21H16F2N2O4S. The zero-order chi connectivity index (χ0) is 21.5. The van der Waals surface area contributed by atoms with E-state index in [2.05, 4.69) is 10.6 Å². The molecule has 0 saturated carbocycles. The average molecular weight is 430 g/mol. The third-order valence-electron chi connectivity index (χ3n) is 3.84. The van der Waals surface area contributed by atoms with E-state index in [-0.39, 0.29) is 17.2 Å². The van der Waals surface area contributed by atoms with Crippen LogP contribution in [0.1, 0.15) is 9.67 Å². The molecule has 6 nitrogen and oxygen atoms in total. The molecule has 0 saturated heterocycles. The predicted octanol–water partition coefficient (Wildman–Crippen LogP) is 3.61. The van der Waals surface area contributed by atoms with E-state index in [0.29, 0.717) is 5.69 Å². The van der Waals surface area contributed by atoms with Crippen LogP contribution in [0.3, 0.4) is 0 Å². The van der Waals surface area contributed by atoms with Gasteiger partial charge in [0.25, 0.3) is 5.91 Å². The summed E-state index contributed by atoms with van der Waals surface area (Å²) in [5.41, 5.74) is 1.14. The van der Waals surface area contributed by atoms with Gasteiger partial charge in [-0.2, -0.15) is 0 Å². The van der Waals surface area contributed by atoms with Crippen molar-refractivity contribution >= 4 is 34.8 Å². The number of amides is 2. The van der Waals surface area contributed by atoms with Crippen molar-refractivity contribution in [2.45, 2.75) is 0 Å². The van der Waals surface area contributed by atoms with Crippen molar-refractivity contribution in [3.8, 4) is 10.4 Å². The van der Waals surface area contributed by atoms with Crippen LogP contribution in [0.5, 0.6) is 0 Å². The quantitative estimate of drug-likeness (QED) is 0.561.